The molecule has 0 saturated heterocycles. The molecule has 0 saturated carbocycles. The molecule has 3 rings (SSSR count). The number of benzene rings is 2. The van der Waals surface area contributed by atoms with Gasteiger partial charge in [0, 0.05) is 13.1 Å². The second kappa shape index (κ2) is 5.19. The molecule has 0 aromatic heterocycles. The van der Waals surface area contributed by atoms with Gasteiger partial charge in [-0.1, -0.05) is 54.6 Å². The van der Waals surface area contributed by atoms with Crippen LogP contribution in [0, 0.1) is 0 Å². The second-order valence-electron chi connectivity index (χ2n) is 4.86. The minimum atomic E-state index is 0.892. The summed E-state index contributed by atoms with van der Waals surface area (Å²) in [7, 11) is 0. The average molecular weight is 250 g/mol. The predicted molar refractivity (Wildman–Crippen MR) is 82.2 cm³/mol. The second-order valence-corrected chi connectivity index (χ2v) is 4.86. The van der Waals surface area contributed by atoms with Crippen LogP contribution < -0.4 is 10.6 Å². The minimum Gasteiger partial charge on any atom is -0.397 e. The summed E-state index contributed by atoms with van der Waals surface area (Å²) in [6.45, 7) is 1.97. The molecule has 0 atom stereocenters. The smallest absolute Gasteiger partial charge is 0.0636 e. The number of nitrogens with two attached hydrogens (primary N) is 1. The normalized spacial score (nSPS) is 14.0. The maximum atomic E-state index is 6.08. The molecule has 2 aromatic carbocycles. The van der Waals surface area contributed by atoms with E-state index < -0.39 is 0 Å². The fraction of sp³-hybridized carbons (Fsp3) is 0.176. The van der Waals surface area contributed by atoms with E-state index in [1.54, 1.807) is 0 Å². The van der Waals surface area contributed by atoms with Gasteiger partial charge in [0.2, 0.25) is 0 Å². The van der Waals surface area contributed by atoms with Crippen LogP contribution in [0.15, 0.2) is 54.6 Å². The highest BCUT2D eigenvalue weighted by Gasteiger charge is 2.19. The Balaban J connectivity index is 1.72. The lowest BCUT2D eigenvalue weighted by atomic mass is 10.1. The fourth-order valence-electron chi connectivity index (χ4n) is 2.63. The average Bonchev–Trinajstić information content (AvgIpc) is 2.85. The first-order valence-electron chi connectivity index (χ1n) is 6.68. The first-order valence-corrected chi connectivity index (χ1v) is 6.68. The van der Waals surface area contributed by atoms with E-state index in [1.807, 2.05) is 18.2 Å². The van der Waals surface area contributed by atoms with Crippen molar-refractivity contribution in [1.82, 2.24) is 0 Å². The maximum Gasteiger partial charge on any atom is 0.0636 e. The third-order valence-electron chi connectivity index (χ3n) is 3.55. The maximum absolute atomic E-state index is 6.08. The molecule has 2 heteroatoms. The number of fused-ring (bicyclic) bond motifs is 1. The molecule has 0 radical (unpaired) electrons. The van der Waals surface area contributed by atoms with Gasteiger partial charge in [-0.05, 0) is 23.6 Å². The van der Waals surface area contributed by atoms with Crippen LogP contribution in [-0.2, 0) is 6.42 Å². The van der Waals surface area contributed by atoms with Gasteiger partial charge < -0.3 is 10.6 Å². The highest BCUT2D eigenvalue weighted by atomic mass is 15.2. The molecule has 1 aliphatic rings. The third kappa shape index (κ3) is 2.48. The van der Waals surface area contributed by atoms with Crippen LogP contribution in [0.3, 0.4) is 0 Å². The van der Waals surface area contributed by atoms with Crippen molar-refractivity contribution >= 4 is 17.5 Å². The van der Waals surface area contributed by atoms with Crippen LogP contribution in [-0.4, -0.2) is 13.1 Å². The van der Waals surface area contributed by atoms with Crippen LogP contribution in [0.25, 0.3) is 6.08 Å². The lowest BCUT2D eigenvalue weighted by Gasteiger charge is -2.18. The van der Waals surface area contributed by atoms with Crippen molar-refractivity contribution in [1.29, 1.82) is 0 Å². The van der Waals surface area contributed by atoms with Crippen molar-refractivity contribution in [2.24, 2.45) is 0 Å². The monoisotopic (exact) mass is 250 g/mol. The van der Waals surface area contributed by atoms with Gasteiger partial charge in [0.25, 0.3) is 0 Å². The molecule has 0 spiro atoms. The summed E-state index contributed by atoms with van der Waals surface area (Å²) in [4.78, 5) is 2.35. The highest BCUT2D eigenvalue weighted by molar-refractivity contribution is 5.74. The zero-order valence-corrected chi connectivity index (χ0v) is 10.9. The van der Waals surface area contributed by atoms with Gasteiger partial charge in [-0.2, -0.15) is 0 Å². The van der Waals surface area contributed by atoms with E-state index in [4.69, 9.17) is 5.73 Å². The van der Waals surface area contributed by atoms with Crippen molar-refractivity contribution in [3.63, 3.8) is 0 Å². The molecule has 96 valence electrons. The number of hydrogen-bond acceptors (Lipinski definition) is 2. The molecule has 0 fully saturated rings. The van der Waals surface area contributed by atoms with Crippen molar-refractivity contribution in [3.8, 4) is 0 Å². The van der Waals surface area contributed by atoms with E-state index >= 15 is 0 Å². The number of nitrogen functional groups attached to an aromatic ring is 1. The zero-order valence-electron chi connectivity index (χ0n) is 10.9. The Labute approximate surface area is 114 Å². The van der Waals surface area contributed by atoms with E-state index in [1.165, 1.54) is 16.8 Å². The fourth-order valence-corrected chi connectivity index (χ4v) is 2.63. The molecule has 2 aromatic rings. The number of hydrogen-bond donors (Lipinski definition) is 1. The molecule has 0 amide bonds. The number of para-hydroxylation sites is 1. The Morgan fingerprint density at radius 1 is 1.05 bits per heavy atom. The molecule has 0 unspecified atom stereocenters. The first-order chi connectivity index (χ1) is 9.34. The molecular weight excluding hydrogens is 232 g/mol. The van der Waals surface area contributed by atoms with E-state index in [0.717, 1.165) is 25.2 Å². The largest absolute Gasteiger partial charge is 0.397 e. The highest BCUT2D eigenvalue weighted by Crippen LogP contribution is 2.33. The zero-order chi connectivity index (χ0) is 13.1. The van der Waals surface area contributed by atoms with Crippen molar-refractivity contribution in [3.05, 3.63) is 65.7 Å². The topological polar surface area (TPSA) is 29.3 Å². The van der Waals surface area contributed by atoms with E-state index in [9.17, 15) is 0 Å². The van der Waals surface area contributed by atoms with Gasteiger partial charge in [0.15, 0.2) is 0 Å². The van der Waals surface area contributed by atoms with Gasteiger partial charge >= 0.3 is 0 Å². The Kier molecular flexibility index (Phi) is 3.23. The molecule has 19 heavy (non-hydrogen) atoms. The summed E-state index contributed by atoms with van der Waals surface area (Å²) in [6, 6.07) is 16.6. The molecular formula is C17H18N2. The summed E-state index contributed by atoms with van der Waals surface area (Å²) in [6.07, 6.45) is 5.47. The van der Waals surface area contributed by atoms with Crippen LogP contribution in [0.4, 0.5) is 11.4 Å². The Morgan fingerprint density at radius 3 is 2.74 bits per heavy atom. The first kappa shape index (κ1) is 11.8. The van der Waals surface area contributed by atoms with Crippen molar-refractivity contribution in [2.45, 2.75) is 6.42 Å². The summed E-state index contributed by atoms with van der Waals surface area (Å²) in [5.74, 6) is 0. The lowest BCUT2D eigenvalue weighted by molar-refractivity contribution is 0.906. The summed E-state index contributed by atoms with van der Waals surface area (Å²) in [5, 5.41) is 0. The molecule has 2 N–H and O–H groups in total. The standard InChI is InChI=1S/C17H18N2/c18-16-10-4-9-15-11-13-19(17(15)16)12-5-8-14-6-2-1-3-7-14/h1-10H,11-13,18H2/b8-5+. The third-order valence-corrected chi connectivity index (χ3v) is 3.55. The van der Waals surface area contributed by atoms with E-state index in [2.05, 4.69) is 47.4 Å². The number of anilines is 2. The summed E-state index contributed by atoms with van der Waals surface area (Å²) in [5.41, 5.74) is 10.8. The van der Waals surface area contributed by atoms with Crippen LogP contribution in [0.2, 0.25) is 0 Å². The van der Waals surface area contributed by atoms with Gasteiger partial charge in [-0.25, -0.2) is 0 Å². The van der Waals surface area contributed by atoms with Crippen LogP contribution in [0.1, 0.15) is 11.1 Å². The van der Waals surface area contributed by atoms with Gasteiger partial charge in [-0.15, -0.1) is 0 Å². The predicted octanol–water partition coefficient (Wildman–Crippen LogP) is 3.34. The van der Waals surface area contributed by atoms with Crippen molar-refractivity contribution < 1.29 is 0 Å². The van der Waals surface area contributed by atoms with E-state index in [0.29, 0.717) is 0 Å². The number of nitrogens with zero attached hydrogens (tertiary/aromatic N) is 1. The summed E-state index contributed by atoms with van der Waals surface area (Å²) < 4.78 is 0. The Morgan fingerprint density at radius 2 is 1.89 bits per heavy atom. The number of rotatable bonds is 3. The molecule has 1 aliphatic heterocycles. The Hall–Kier alpha value is -2.22. The molecule has 1 heterocycles. The lowest BCUT2D eigenvalue weighted by Crippen LogP contribution is -2.21. The summed E-state index contributed by atoms with van der Waals surface area (Å²) >= 11 is 0. The minimum absolute atomic E-state index is 0.892. The molecule has 2 nitrogen and oxygen atoms in total. The Bertz CT molecular complexity index is 587. The van der Waals surface area contributed by atoms with Gasteiger partial charge in [0.1, 0.15) is 0 Å². The molecule has 0 bridgehead atoms. The van der Waals surface area contributed by atoms with Crippen molar-refractivity contribution in [2.75, 3.05) is 23.7 Å². The van der Waals surface area contributed by atoms with E-state index in [-0.39, 0.29) is 0 Å². The van der Waals surface area contributed by atoms with Crippen LogP contribution >= 0.6 is 0 Å². The quantitative estimate of drug-likeness (QED) is 0.846. The molecule has 0 aliphatic carbocycles. The van der Waals surface area contributed by atoms with Gasteiger partial charge in [0.05, 0.1) is 11.4 Å². The SMILES string of the molecule is Nc1cccc2c1N(C/C=C/c1ccccc1)CC2. The van der Waals surface area contributed by atoms with Gasteiger partial charge in [-0.3, -0.25) is 0 Å². The van der Waals surface area contributed by atoms with Crippen LogP contribution in [0.5, 0.6) is 0 Å².